The maximum atomic E-state index is 12.1. The summed E-state index contributed by atoms with van der Waals surface area (Å²) in [5.74, 6) is 0.821. The van der Waals surface area contributed by atoms with Crippen molar-refractivity contribution in [2.24, 2.45) is 5.73 Å². The van der Waals surface area contributed by atoms with Gasteiger partial charge in [0.2, 0.25) is 5.91 Å². The van der Waals surface area contributed by atoms with Gasteiger partial charge in [-0.15, -0.1) is 0 Å². The molecule has 0 saturated carbocycles. The first-order valence-corrected chi connectivity index (χ1v) is 8.37. The molecule has 0 aliphatic carbocycles. The molecule has 0 unspecified atom stereocenters. The van der Waals surface area contributed by atoms with Crippen molar-refractivity contribution < 1.29 is 19.1 Å². The van der Waals surface area contributed by atoms with E-state index in [1.165, 1.54) is 5.56 Å². The van der Waals surface area contributed by atoms with Crippen LogP contribution in [0.5, 0.6) is 11.5 Å². The minimum Gasteiger partial charge on any atom is -0.492 e. The molecule has 0 spiro atoms. The van der Waals surface area contributed by atoms with Crippen molar-refractivity contribution in [1.82, 2.24) is 4.90 Å². The lowest BCUT2D eigenvalue weighted by atomic mass is 10.1. The maximum absolute atomic E-state index is 12.1. The molecule has 6 nitrogen and oxygen atoms in total. The number of nitrogens with zero attached hydrogens (tertiary/aromatic N) is 1. The number of carbonyl (C=O) groups excluding carboxylic acids is 2. The van der Waals surface area contributed by atoms with Crippen LogP contribution in [0.4, 0.5) is 0 Å². The molecular weight excluding hydrogens is 332 g/mol. The number of carbonyl (C=O) groups is 2. The van der Waals surface area contributed by atoms with Crippen LogP contribution < -0.4 is 15.2 Å². The van der Waals surface area contributed by atoms with Crippen molar-refractivity contribution in [3.8, 4) is 11.5 Å². The average Bonchev–Trinajstić information content (AvgIpc) is 2.62. The van der Waals surface area contributed by atoms with E-state index in [0.717, 1.165) is 11.3 Å². The monoisotopic (exact) mass is 356 g/mol. The minimum absolute atomic E-state index is 0.0593. The van der Waals surface area contributed by atoms with Gasteiger partial charge in [-0.05, 0) is 36.8 Å². The quantitative estimate of drug-likeness (QED) is 0.744. The topological polar surface area (TPSA) is 81.9 Å². The van der Waals surface area contributed by atoms with E-state index in [1.54, 1.807) is 36.2 Å². The molecule has 2 rings (SSSR count). The van der Waals surface area contributed by atoms with Gasteiger partial charge in [0.25, 0.3) is 5.91 Å². The van der Waals surface area contributed by atoms with E-state index in [-0.39, 0.29) is 24.8 Å². The second-order valence-electron chi connectivity index (χ2n) is 6.05. The van der Waals surface area contributed by atoms with Gasteiger partial charge in [-0.1, -0.05) is 29.8 Å². The van der Waals surface area contributed by atoms with Crippen molar-refractivity contribution >= 4 is 11.8 Å². The zero-order chi connectivity index (χ0) is 18.9. The number of ether oxygens (including phenoxy) is 2. The molecule has 138 valence electrons. The van der Waals surface area contributed by atoms with Gasteiger partial charge in [0.05, 0.1) is 13.0 Å². The van der Waals surface area contributed by atoms with Gasteiger partial charge in [-0.25, -0.2) is 0 Å². The normalized spacial score (nSPS) is 10.2. The Kier molecular flexibility index (Phi) is 7.02. The van der Waals surface area contributed by atoms with E-state index in [4.69, 9.17) is 15.2 Å². The van der Waals surface area contributed by atoms with Crippen LogP contribution in [-0.4, -0.2) is 43.5 Å². The van der Waals surface area contributed by atoms with Crippen molar-refractivity contribution in [3.63, 3.8) is 0 Å². The maximum Gasteiger partial charge on any atom is 0.260 e. The fourth-order valence-electron chi connectivity index (χ4n) is 2.22. The first-order valence-electron chi connectivity index (χ1n) is 8.37. The Hall–Kier alpha value is -3.02. The summed E-state index contributed by atoms with van der Waals surface area (Å²) in [5, 5.41) is 0. The van der Waals surface area contributed by atoms with Crippen LogP contribution in [0.1, 0.15) is 11.1 Å². The Morgan fingerprint density at radius 3 is 2.15 bits per heavy atom. The summed E-state index contributed by atoms with van der Waals surface area (Å²) in [6, 6.07) is 14.7. The average molecular weight is 356 g/mol. The van der Waals surface area contributed by atoms with Crippen molar-refractivity contribution in [1.29, 1.82) is 0 Å². The Bertz CT molecular complexity index is 726. The van der Waals surface area contributed by atoms with Gasteiger partial charge >= 0.3 is 0 Å². The predicted molar refractivity (Wildman–Crippen MR) is 99.1 cm³/mol. The second kappa shape index (κ2) is 9.46. The molecule has 0 radical (unpaired) electrons. The number of hydrogen-bond donors (Lipinski definition) is 1. The molecule has 2 aromatic rings. The molecule has 0 saturated heterocycles. The standard InChI is InChI=1S/C20H24N2O4/c1-15-3-7-17(8-4-15)25-12-11-22(2)20(24)14-26-18-9-5-16(6-10-18)13-19(21)23/h3-10H,11-14H2,1-2H3,(H2,21,23). The third-order valence-corrected chi connectivity index (χ3v) is 3.81. The Morgan fingerprint density at radius 2 is 1.54 bits per heavy atom. The summed E-state index contributed by atoms with van der Waals surface area (Å²) in [6.07, 6.45) is 0.183. The van der Waals surface area contributed by atoms with Crippen LogP contribution in [0.2, 0.25) is 0 Å². The molecule has 0 fully saturated rings. The highest BCUT2D eigenvalue weighted by atomic mass is 16.5. The zero-order valence-corrected chi connectivity index (χ0v) is 15.1. The van der Waals surface area contributed by atoms with E-state index >= 15 is 0 Å². The highest BCUT2D eigenvalue weighted by Crippen LogP contribution is 2.13. The fraction of sp³-hybridized carbons (Fsp3) is 0.300. The van der Waals surface area contributed by atoms with Crippen LogP contribution in [0.25, 0.3) is 0 Å². The Morgan fingerprint density at radius 1 is 0.962 bits per heavy atom. The molecule has 0 heterocycles. The zero-order valence-electron chi connectivity index (χ0n) is 15.1. The first kappa shape index (κ1) is 19.3. The highest BCUT2D eigenvalue weighted by Gasteiger charge is 2.10. The third kappa shape index (κ3) is 6.47. The second-order valence-corrected chi connectivity index (χ2v) is 6.05. The summed E-state index contributed by atoms with van der Waals surface area (Å²) in [6.45, 7) is 2.83. The van der Waals surface area contributed by atoms with Crippen LogP contribution in [0.3, 0.4) is 0 Å². The number of primary amides is 1. The first-order chi connectivity index (χ1) is 12.4. The van der Waals surface area contributed by atoms with Gasteiger partial charge in [-0.2, -0.15) is 0 Å². The van der Waals surface area contributed by atoms with E-state index < -0.39 is 0 Å². The predicted octanol–water partition coefficient (Wildman–Crippen LogP) is 1.94. The van der Waals surface area contributed by atoms with Gasteiger partial charge < -0.3 is 20.1 Å². The molecule has 0 aliphatic rings. The number of likely N-dealkylation sites (N-methyl/N-ethyl adjacent to an activating group) is 1. The van der Waals surface area contributed by atoms with Crippen LogP contribution in [0, 0.1) is 6.92 Å². The molecule has 26 heavy (non-hydrogen) atoms. The lowest BCUT2D eigenvalue weighted by Gasteiger charge is -2.18. The van der Waals surface area contributed by atoms with Crippen LogP contribution in [-0.2, 0) is 16.0 Å². The molecule has 0 aliphatic heterocycles. The lowest BCUT2D eigenvalue weighted by Crippen LogP contribution is -2.34. The van der Waals surface area contributed by atoms with Gasteiger partial charge in [0.1, 0.15) is 18.1 Å². The summed E-state index contributed by atoms with van der Waals surface area (Å²) >= 11 is 0. The van der Waals surface area contributed by atoms with Crippen LogP contribution in [0.15, 0.2) is 48.5 Å². The molecule has 2 N–H and O–H groups in total. The number of hydrogen-bond acceptors (Lipinski definition) is 4. The molecule has 0 bridgehead atoms. The summed E-state index contributed by atoms with van der Waals surface area (Å²) < 4.78 is 11.1. The third-order valence-electron chi connectivity index (χ3n) is 3.81. The SMILES string of the molecule is Cc1ccc(OCCN(C)C(=O)COc2ccc(CC(N)=O)cc2)cc1. The lowest BCUT2D eigenvalue weighted by molar-refractivity contribution is -0.132. The van der Waals surface area contributed by atoms with Gasteiger partial charge in [0.15, 0.2) is 6.61 Å². The smallest absolute Gasteiger partial charge is 0.260 e. The Balaban J connectivity index is 1.71. The molecule has 6 heteroatoms. The van der Waals surface area contributed by atoms with Crippen LogP contribution >= 0.6 is 0 Å². The largest absolute Gasteiger partial charge is 0.492 e. The number of rotatable bonds is 9. The summed E-state index contributed by atoms with van der Waals surface area (Å²) in [5.41, 5.74) is 7.13. The van der Waals surface area contributed by atoms with E-state index in [9.17, 15) is 9.59 Å². The molecule has 0 atom stereocenters. The van der Waals surface area contributed by atoms with E-state index in [1.807, 2.05) is 31.2 Å². The fourth-order valence-corrected chi connectivity index (χ4v) is 2.22. The number of aryl methyl sites for hydroxylation is 1. The minimum atomic E-state index is -0.386. The molecule has 2 aromatic carbocycles. The van der Waals surface area contributed by atoms with Crippen molar-refractivity contribution in [2.75, 3.05) is 26.8 Å². The summed E-state index contributed by atoms with van der Waals surface area (Å²) in [4.78, 5) is 24.5. The van der Waals surface area contributed by atoms with Crippen molar-refractivity contribution in [2.45, 2.75) is 13.3 Å². The highest BCUT2D eigenvalue weighted by molar-refractivity contribution is 5.77. The van der Waals surface area contributed by atoms with Crippen molar-refractivity contribution in [3.05, 3.63) is 59.7 Å². The number of benzene rings is 2. The van der Waals surface area contributed by atoms with Gasteiger partial charge in [0, 0.05) is 7.05 Å². The number of amides is 2. The van der Waals surface area contributed by atoms with E-state index in [0.29, 0.717) is 18.9 Å². The molecule has 0 aromatic heterocycles. The van der Waals surface area contributed by atoms with Gasteiger partial charge in [-0.3, -0.25) is 9.59 Å². The van der Waals surface area contributed by atoms with E-state index in [2.05, 4.69) is 0 Å². The molecule has 2 amide bonds. The Labute approximate surface area is 153 Å². The summed E-state index contributed by atoms with van der Waals surface area (Å²) in [7, 11) is 1.71. The number of nitrogens with two attached hydrogens (primary N) is 1. The molecular formula is C20H24N2O4.